The van der Waals surface area contributed by atoms with Crippen molar-refractivity contribution in [3.8, 4) is 0 Å². The average Bonchev–Trinajstić information content (AvgIpc) is 3.00. The van der Waals surface area contributed by atoms with Gasteiger partial charge in [-0.05, 0) is 25.1 Å². The number of rotatable bonds is 5. The van der Waals surface area contributed by atoms with Crippen molar-refractivity contribution in [2.24, 2.45) is 0 Å². The summed E-state index contributed by atoms with van der Waals surface area (Å²) in [5, 5.41) is 0.940. The van der Waals surface area contributed by atoms with Gasteiger partial charge in [0.05, 0.1) is 24.5 Å². The number of nitrogens with zero attached hydrogens (tertiary/aromatic N) is 1. The van der Waals surface area contributed by atoms with Crippen molar-refractivity contribution in [1.29, 1.82) is 0 Å². The zero-order valence-electron chi connectivity index (χ0n) is 16.5. The summed E-state index contributed by atoms with van der Waals surface area (Å²) in [6.45, 7) is 4.63. The van der Waals surface area contributed by atoms with Crippen molar-refractivity contribution >= 4 is 26.7 Å². The number of carbonyl (C=O) groups excluding carboxylic acids is 1. The van der Waals surface area contributed by atoms with E-state index in [1.165, 1.54) is 0 Å². The molecule has 2 N–H and O–H groups in total. The second-order valence-corrected chi connectivity index (χ2v) is 9.61. The van der Waals surface area contributed by atoms with Gasteiger partial charge in [-0.1, -0.05) is 35.9 Å². The third kappa shape index (κ3) is 4.12. The maximum atomic E-state index is 13.0. The Morgan fingerprint density at radius 1 is 1.07 bits per heavy atom. The van der Waals surface area contributed by atoms with Gasteiger partial charge in [0.25, 0.3) is 0 Å². The first kappa shape index (κ1) is 19.8. The number of nitrogens with one attached hydrogen (secondary N) is 2. The highest BCUT2D eigenvalue weighted by Gasteiger charge is 2.29. The van der Waals surface area contributed by atoms with Gasteiger partial charge >= 0.3 is 0 Å². The average molecular weight is 413 g/mol. The number of benzene rings is 2. The van der Waals surface area contributed by atoms with E-state index in [1.54, 1.807) is 22.6 Å². The summed E-state index contributed by atoms with van der Waals surface area (Å²) in [6, 6.07) is 14.8. The van der Waals surface area contributed by atoms with Gasteiger partial charge in [0, 0.05) is 35.6 Å². The van der Waals surface area contributed by atoms with Crippen molar-refractivity contribution in [2.45, 2.75) is 18.2 Å². The van der Waals surface area contributed by atoms with Crippen LogP contribution in [0.2, 0.25) is 0 Å². The molecule has 1 fully saturated rings. The molecule has 2 heterocycles. The molecular weight excluding hydrogens is 386 g/mol. The number of para-hydroxylation sites is 1. The van der Waals surface area contributed by atoms with Crippen LogP contribution in [0.25, 0.3) is 10.9 Å². The number of carbonyl (C=O) groups is 1. The summed E-state index contributed by atoms with van der Waals surface area (Å²) in [6.07, 6.45) is 2.51. The fourth-order valence-corrected chi connectivity index (χ4v) is 5.41. The zero-order valence-corrected chi connectivity index (χ0v) is 17.3. The van der Waals surface area contributed by atoms with Crippen LogP contribution in [0.4, 0.5) is 0 Å². The lowest BCUT2D eigenvalue weighted by atomic mass is 10.1. The fourth-order valence-electron chi connectivity index (χ4n) is 3.93. The molecule has 3 aromatic rings. The molecule has 0 radical (unpaired) electrons. The van der Waals surface area contributed by atoms with Crippen LogP contribution >= 0.6 is 0 Å². The van der Waals surface area contributed by atoms with E-state index in [0.717, 1.165) is 34.3 Å². The Labute approximate surface area is 171 Å². The van der Waals surface area contributed by atoms with Crippen molar-refractivity contribution < 1.29 is 18.1 Å². The monoisotopic (exact) mass is 412 g/mol. The number of hydrogen-bond donors (Lipinski definition) is 2. The van der Waals surface area contributed by atoms with E-state index in [4.69, 9.17) is 0 Å². The molecular formula is C22H26N3O3S+. The van der Waals surface area contributed by atoms with Gasteiger partial charge in [-0.15, -0.1) is 0 Å². The molecule has 1 aliphatic heterocycles. The van der Waals surface area contributed by atoms with Crippen LogP contribution in [0.3, 0.4) is 0 Å². The molecule has 1 atom stereocenters. The molecule has 4 rings (SSSR count). The second kappa shape index (κ2) is 8.10. The number of aromatic amines is 1. The number of fused-ring (bicyclic) bond motifs is 1. The number of quaternary nitrogens is 1. The predicted molar refractivity (Wildman–Crippen MR) is 113 cm³/mol. The molecule has 152 valence electrons. The minimum Gasteiger partial charge on any atom is -0.360 e. The Hall–Kier alpha value is -2.48. The molecule has 0 amide bonds. The second-order valence-electron chi connectivity index (χ2n) is 7.67. The highest BCUT2D eigenvalue weighted by molar-refractivity contribution is 7.89. The van der Waals surface area contributed by atoms with Crippen LogP contribution in [-0.2, 0) is 10.0 Å². The van der Waals surface area contributed by atoms with E-state index < -0.39 is 10.0 Å². The van der Waals surface area contributed by atoms with E-state index in [9.17, 15) is 13.2 Å². The molecule has 0 saturated carbocycles. The van der Waals surface area contributed by atoms with Crippen LogP contribution in [0.1, 0.15) is 22.3 Å². The number of aryl methyl sites for hydroxylation is 1. The van der Waals surface area contributed by atoms with Crippen molar-refractivity contribution in [2.75, 3.05) is 32.7 Å². The number of H-pyrrole nitrogens is 1. The highest BCUT2D eigenvalue weighted by atomic mass is 32.2. The first-order chi connectivity index (χ1) is 13.9. The van der Waals surface area contributed by atoms with Crippen LogP contribution in [0.15, 0.2) is 59.6 Å². The largest absolute Gasteiger partial charge is 0.360 e. The maximum Gasteiger partial charge on any atom is 0.243 e. The maximum absolute atomic E-state index is 13.0. The minimum atomic E-state index is -3.50. The number of hydrogen-bond acceptors (Lipinski definition) is 3. The minimum absolute atomic E-state index is 0.0901. The van der Waals surface area contributed by atoms with E-state index >= 15 is 0 Å². The van der Waals surface area contributed by atoms with Gasteiger partial charge < -0.3 is 9.88 Å². The lowest BCUT2D eigenvalue weighted by Crippen LogP contribution is -3.13. The Morgan fingerprint density at radius 2 is 1.83 bits per heavy atom. The van der Waals surface area contributed by atoms with Crippen molar-refractivity contribution in [3.63, 3.8) is 0 Å². The van der Waals surface area contributed by atoms with Crippen molar-refractivity contribution in [3.05, 3.63) is 65.9 Å². The molecule has 0 spiro atoms. The quantitative estimate of drug-likeness (QED) is 0.626. The zero-order chi connectivity index (χ0) is 20.4. The molecule has 29 heavy (non-hydrogen) atoms. The Bertz CT molecular complexity index is 1120. The lowest BCUT2D eigenvalue weighted by Gasteiger charge is -2.20. The van der Waals surface area contributed by atoms with Gasteiger partial charge in [-0.2, -0.15) is 4.31 Å². The van der Waals surface area contributed by atoms with Crippen molar-refractivity contribution in [1.82, 2.24) is 9.29 Å². The van der Waals surface area contributed by atoms with Crippen LogP contribution in [0.5, 0.6) is 0 Å². The lowest BCUT2D eigenvalue weighted by molar-refractivity contribution is -0.889. The third-order valence-corrected chi connectivity index (χ3v) is 7.52. The Kier molecular flexibility index (Phi) is 5.54. The SMILES string of the molecule is Cc1ccc(S(=O)(=O)N2CCC[NH+](CC(=O)c3c[nH]c4ccccc34)CC2)cc1. The van der Waals surface area contributed by atoms with Crippen LogP contribution < -0.4 is 4.90 Å². The van der Waals surface area contributed by atoms with Gasteiger partial charge in [-0.25, -0.2) is 8.42 Å². The number of sulfonamides is 1. The van der Waals surface area contributed by atoms with E-state index in [1.807, 2.05) is 43.3 Å². The number of Topliss-reactive ketones (excluding diaryl/α,β-unsaturated/α-hetero) is 1. The summed E-state index contributed by atoms with van der Waals surface area (Å²) in [4.78, 5) is 17.5. The standard InChI is InChI=1S/C22H25N3O3S/c1-17-7-9-18(10-8-17)29(27,28)25-12-4-11-24(13-14-25)16-22(26)20-15-23-21-6-3-2-5-19(20)21/h2-3,5-10,15,23H,4,11-14,16H2,1H3/p+1. The Balaban J connectivity index is 1.43. The summed E-state index contributed by atoms with van der Waals surface area (Å²) in [5.74, 6) is 0.0901. The molecule has 0 aliphatic carbocycles. The highest BCUT2D eigenvalue weighted by Crippen LogP contribution is 2.18. The summed E-state index contributed by atoms with van der Waals surface area (Å²) < 4.78 is 27.5. The van der Waals surface area contributed by atoms with Gasteiger partial charge in [0.1, 0.15) is 6.54 Å². The summed E-state index contributed by atoms with van der Waals surface area (Å²) in [5.41, 5.74) is 2.70. The van der Waals surface area contributed by atoms with Crippen LogP contribution in [-0.4, -0.2) is 56.2 Å². The molecule has 6 nitrogen and oxygen atoms in total. The summed E-state index contributed by atoms with van der Waals surface area (Å²) >= 11 is 0. The van der Waals surface area contributed by atoms with E-state index in [0.29, 0.717) is 36.6 Å². The Morgan fingerprint density at radius 3 is 2.62 bits per heavy atom. The fraction of sp³-hybridized carbons (Fsp3) is 0.318. The molecule has 1 unspecified atom stereocenters. The van der Waals surface area contributed by atoms with E-state index in [2.05, 4.69) is 4.98 Å². The van der Waals surface area contributed by atoms with Crippen LogP contribution in [0, 0.1) is 6.92 Å². The smallest absolute Gasteiger partial charge is 0.243 e. The normalized spacial score (nSPS) is 18.6. The number of aromatic nitrogens is 1. The first-order valence-corrected chi connectivity index (χ1v) is 11.4. The first-order valence-electron chi connectivity index (χ1n) is 9.95. The van der Waals surface area contributed by atoms with Gasteiger partial charge in [0.15, 0.2) is 0 Å². The molecule has 7 heteroatoms. The van der Waals surface area contributed by atoms with Gasteiger partial charge in [0.2, 0.25) is 15.8 Å². The molecule has 2 aromatic carbocycles. The summed E-state index contributed by atoms with van der Waals surface area (Å²) in [7, 11) is -3.50. The van der Waals surface area contributed by atoms with Gasteiger partial charge in [-0.3, -0.25) is 4.79 Å². The predicted octanol–water partition coefficient (Wildman–Crippen LogP) is 1.64. The topological polar surface area (TPSA) is 74.7 Å². The molecule has 1 aliphatic rings. The van der Waals surface area contributed by atoms with E-state index in [-0.39, 0.29) is 5.78 Å². The molecule has 1 saturated heterocycles. The number of ketones is 1. The molecule has 0 bridgehead atoms. The molecule has 1 aromatic heterocycles. The third-order valence-electron chi connectivity index (χ3n) is 5.61.